The Balaban J connectivity index is 0.00000289. The van der Waals surface area contributed by atoms with Crippen molar-refractivity contribution in [3.8, 4) is 5.75 Å². The molecule has 178 valence electrons. The number of unbranched alkanes of at least 4 members (excludes halogenated alkanes) is 1. The number of benzene rings is 3. The van der Waals surface area contributed by atoms with Crippen molar-refractivity contribution in [1.29, 1.82) is 0 Å². The van der Waals surface area contributed by atoms with E-state index in [0.29, 0.717) is 0 Å². The summed E-state index contributed by atoms with van der Waals surface area (Å²) in [5.74, 6) is 0.996. The number of hydrogen-bond acceptors (Lipinski definition) is 3. The molecule has 1 aliphatic carbocycles. The first-order valence-corrected chi connectivity index (χ1v) is 13.4. The zero-order valence-electron chi connectivity index (χ0n) is 21.6. The largest absolute Gasteiger partial charge is 1.00 e. The van der Waals surface area contributed by atoms with Crippen LogP contribution in [-0.2, 0) is 12.1 Å². The van der Waals surface area contributed by atoms with Gasteiger partial charge >= 0.3 is 51.4 Å². The third kappa shape index (κ3) is 5.73. The van der Waals surface area contributed by atoms with E-state index in [4.69, 9.17) is 4.74 Å². The summed E-state index contributed by atoms with van der Waals surface area (Å²) in [5, 5.41) is 8.49. The molecule has 5 heteroatoms. The summed E-state index contributed by atoms with van der Waals surface area (Å²) in [6.07, 6.45) is 4.81. The number of rotatable bonds is 11. The van der Waals surface area contributed by atoms with E-state index < -0.39 is 0 Å². The molecule has 0 bridgehead atoms. The van der Waals surface area contributed by atoms with Crippen LogP contribution in [-0.4, -0.2) is 31.6 Å². The summed E-state index contributed by atoms with van der Waals surface area (Å²) in [4.78, 5) is 4.30. The van der Waals surface area contributed by atoms with Crippen molar-refractivity contribution in [2.45, 2.75) is 51.6 Å². The molecule has 0 radical (unpaired) electrons. The Hall–Kier alpha value is -0.764. The molecule has 3 aromatic carbocycles. The maximum atomic E-state index is 5.74. The quantitative estimate of drug-likeness (QED) is 0.209. The van der Waals surface area contributed by atoms with Crippen LogP contribution >= 0.6 is 11.3 Å². The van der Waals surface area contributed by atoms with Crippen LogP contribution in [0.5, 0.6) is 5.75 Å². The molecule has 1 aliphatic rings. The number of ether oxygens (including phenoxy) is 1. The van der Waals surface area contributed by atoms with Crippen molar-refractivity contribution >= 4 is 32.2 Å². The van der Waals surface area contributed by atoms with Crippen LogP contribution in [0.1, 0.15) is 48.6 Å². The van der Waals surface area contributed by atoms with E-state index in [9.17, 15) is 0 Å². The van der Waals surface area contributed by atoms with Gasteiger partial charge in [-0.05, 0) is 72.8 Å². The normalized spacial score (nSPS) is 14.4. The number of fused-ring (bicyclic) bond motifs is 2. The first-order chi connectivity index (χ1) is 16.7. The molecule has 0 N–H and O–H groups in total. The van der Waals surface area contributed by atoms with Crippen LogP contribution in [0.3, 0.4) is 0 Å². The Morgan fingerprint density at radius 2 is 1.80 bits per heavy atom. The van der Waals surface area contributed by atoms with Crippen LogP contribution in [0, 0.1) is 6.92 Å². The molecule has 0 saturated heterocycles. The third-order valence-corrected chi connectivity index (χ3v) is 8.74. The molecule has 0 atom stereocenters. The maximum absolute atomic E-state index is 5.74. The van der Waals surface area contributed by atoms with E-state index in [1.165, 1.54) is 56.1 Å². The van der Waals surface area contributed by atoms with Gasteiger partial charge in [0.15, 0.2) is 0 Å². The molecule has 0 amide bonds. The zero-order valence-corrected chi connectivity index (χ0v) is 25.6. The minimum atomic E-state index is 0. The number of thiophene rings is 1. The van der Waals surface area contributed by atoms with Crippen molar-refractivity contribution < 1.29 is 56.1 Å². The van der Waals surface area contributed by atoms with E-state index in [-0.39, 0.29) is 56.9 Å². The second-order valence-electron chi connectivity index (χ2n) is 9.49. The van der Waals surface area contributed by atoms with Crippen LogP contribution < -0.4 is 56.1 Å². The molecule has 35 heavy (non-hydrogen) atoms. The van der Waals surface area contributed by atoms with E-state index in [1.807, 2.05) is 11.3 Å². The molecule has 5 rings (SSSR count). The van der Waals surface area contributed by atoms with Crippen LogP contribution in [0.4, 0.5) is 0 Å². The number of methoxy groups -OCH3 is 1. The van der Waals surface area contributed by atoms with E-state index in [2.05, 4.69) is 84.7 Å². The molecule has 4 aromatic rings. The predicted octanol–water partition coefficient (Wildman–Crippen LogP) is 5.04. The monoisotopic (exact) mass is 510 g/mol. The Bertz CT molecular complexity index is 1280. The minimum absolute atomic E-state index is 0. The Morgan fingerprint density at radius 1 is 1.00 bits per heavy atom. The fraction of sp³-hybridized carbons (Fsp3) is 0.400. The summed E-state index contributed by atoms with van der Waals surface area (Å²) < 4.78 is 7.08. The SMILES string of the molecule is CC[N-]CCCCN(Cc1ccc2ccccc2c1)C1(c2sc3cccc(OC)c3c2C)CC1.[K+]. The molecule has 1 aromatic heterocycles. The van der Waals surface area contributed by atoms with Gasteiger partial charge in [-0.25, -0.2) is 0 Å². The van der Waals surface area contributed by atoms with Crippen molar-refractivity contribution in [2.24, 2.45) is 0 Å². The fourth-order valence-corrected chi connectivity index (χ4v) is 6.87. The molecule has 0 unspecified atom stereocenters. The van der Waals surface area contributed by atoms with Crippen LogP contribution in [0.15, 0.2) is 60.7 Å². The fourth-order valence-electron chi connectivity index (χ4n) is 5.37. The van der Waals surface area contributed by atoms with Crippen molar-refractivity contribution in [3.63, 3.8) is 0 Å². The first kappa shape index (κ1) is 27.3. The standard InChI is InChI=1S/C30H35N2OS.K/c1-4-31-18-7-8-19-32(21-23-14-15-24-10-5-6-11-25(24)20-23)30(16-17-30)29-22(2)28-26(33-3)12-9-13-27(28)34-29;/h5-6,9-15,20H,4,7-8,16-19,21H2,1-3H3;/q-1;+1. The van der Waals surface area contributed by atoms with E-state index in [0.717, 1.165) is 38.3 Å². The molecule has 1 fully saturated rings. The Labute approximate surface area is 256 Å². The number of aryl methyl sites for hydroxylation is 1. The van der Waals surface area contributed by atoms with Crippen molar-refractivity contribution in [1.82, 2.24) is 4.90 Å². The van der Waals surface area contributed by atoms with E-state index in [1.54, 1.807) is 7.11 Å². The van der Waals surface area contributed by atoms with Crippen LogP contribution in [0.2, 0.25) is 0 Å². The first-order valence-electron chi connectivity index (χ1n) is 12.6. The third-order valence-electron chi connectivity index (χ3n) is 7.29. The zero-order chi connectivity index (χ0) is 23.5. The molecule has 0 aliphatic heterocycles. The van der Waals surface area contributed by atoms with Crippen molar-refractivity contribution in [3.05, 3.63) is 82.0 Å². The van der Waals surface area contributed by atoms with Gasteiger partial charge in [0.2, 0.25) is 0 Å². The van der Waals surface area contributed by atoms with Crippen LogP contribution in [0.25, 0.3) is 26.2 Å². The molecule has 1 heterocycles. The number of nitrogens with zero attached hydrogens (tertiary/aromatic N) is 2. The number of hydrogen-bond donors (Lipinski definition) is 0. The second kappa shape index (κ2) is 12.2. The molecule has 0 spiro atoms. The van der Waals surface area contributed by atoms with Gasteiger partial charge in [0.25, 0.3) is 0 Å². The summed E-state index contributed by atoms with van der Waals surface area (Å²) in [5.41, 5.74) is 2.95. The van der Waals surface area contributed by atoms with Gasteiger partial charge in [0, 0.05) is 21.5 Å². The Morgan fingerprint density at radius 3 is 2.54 bits per heavy atom. The topological polar surface area (TPSA) is 26.6 Å². The average Bonchev–Trinajstić information content (AvgIpc) is 3.60. The summed E-state index contributed by atoms with van der Waals surface area (Å²) in [6.45, 7) is 8.42. The summed E-state index contributed by atoms with van der Waals surface area (Å²) in [7, 11) is 1.78. The van der Waals surface area contributed by atoms with Gasteiger partial charge in [0.05, 0.1) is 12.6 Å². The molecule has 1 saturated carbocycles. The average molecular weight is 511 g/mol. The summed E-state index contributed by atoms with van der Waals surface area (Å²) >= 11 is 1.97. The molecular formula is C30H35KN2OS. The maximum Gasteiger partial charge on any atom is 1.00 e. The smallest absolute Gasteiger partial charge is 0.662 e. The van der Waals surface area contributed by atoms with Crippen molar-refractivity contribution in [2.75, 3.05) is 26.7 Å². The van der Waals surface area contributed by atoms with E-state index >= 15 is 0 Å². The second-order valence-corrected chi connectivity index (χ2v) is 10.5. The predicted molar refractivity (Wildman–Crippen MR) is 146 cm³/mol. The molecule has 3 nitrogen and oxygen atoms in total. The Kier molecular flexibility index (Phi) is 9.50. The van der Waals surface area contributed by atoms with Gasteiger partial charge in [0.1, 0.15) is 5.75 Å². The van der Waals surface area contributed by atoms with Gasteiger partial charge in [-0.15, -0.1) is 17.9 Å². The minimum Gasteiger partial charge on any atom is -0.662 e. The van der Waals surface area contributed by atoms with Gasteiger partial charge in [-0.2, -0.15) is 6.54 Å². The molecular weight excluding hydrogens is 476 g/mol. The summed E-state index contributed by atoms with van der Waals surface area (Å²) in [6, 6.07) is 22.1. The van der Waals surface area contributed by atoms with Gasteiger partial charge < -0.3 is 10.1 Å². The van der Waals surface area contributed by atoms with Gasteiger partial charge in [-0.1, -0.05) is 55.8 Å². The van der Waals surface area contributed by atoms with Gasteiger partial charge in [-0.3, -0.25) is 4.90 Å².